The largest absolute Gasteiger partial charge is 0.396 e. The first-order valence-electron chi connectivity index (χ1n) is 5.35. The summed E-state index contributed by atoms with van der Waals surface area (Å²) < 4.78 is 0. The molecule has 0 aromatic carbocycles. The van der Waals surface area contributed by atoms with E-state index in [1.807, 2.05) is 24.4 Å². The number of thiophene rings is 1. The van der Waals surface area contributed by atoms with Gasteiger partial charge in [-0.25, -0.2) is 0 Å². The first-order chi connectivity index (χ1) is 7.72. The highest BCUT2D eigenvalue weighted by molar-refractivity contribution is 7.10. The van der Waals surface area contributed by atoms with Crippen molar-refractivity contribution >= 4 is 23.3 Å². The van der Waals surface area contributed by atoms with Crippen LogP contribution in [0.1, 0.15) is 24.6 Å². The molecular formula is C12H17NO2S. The minimum absolute atomic E-state index is 0.0844. The molecule has 16 heavy (non-hydrogen) atoms. The summed E-state index contributed by atoms with van der Waals surface area (Å²) in [5.41, 5.74) is 0. The van der Waals surface area contributed by atoms with Crippen LogP contribution in [-0.4, -0.2) is 23.7 Å². The Hall–Kier alpha value is -1.13. The van der Waals surface area contributed by atoms with Gasteiger partial charge in [-0.05, 0) is 37.3 Å². The number of carbonyl (C=O) groups is 1. The first kappa shape index (κ1) is 12.9. The van der Waals surface area contributed by atoms with E-state index in [9.17, 15) is 4.79 Å². The molecule has 1 heterocycles. The minimum atomic E-state index is -0.0844. The molecule has 0 aliphatic carbocycles. The van der Waals surface area contributed by atoms with Gasteiger partial charge in [-0.3, -0.25) is 4.79 Å². The van der Waals surface area contributed by atoms with Crippen molar-refractivity contribution in [3.8, 4) is 0 Å². The molecule has 88 valence electrons. The maximum absolute atomic E-state index is 11.5. The highest BCUT2D eigenvalue weighted by Crippen LogP contribution is 2.09. The second-order valence-electron chi connectivity index (χ2n) is 3.62. The van der Waals surface area contributed by atoms with Crippen LogP contribution in [0.3, 0.4) is 0 Å². The van der Waals surface area contributed by atoms with Crippen molar-refractivity contribution in [2.45, 2.75) is 25.8 Å². The van der Waals surface area contributed by atoms with E-state index in [-0.39, 0.29) is 18.6 Å². The Morgan fingerprint density at radius 1 is 1.69 bits per heavy atom. The van der Waals surface area contributed by atoms with Crippen LogP contribution in [0.5, 0.6) is 0 Å². The lowest BCUT2D eigenvalue weighted by atomic mass is 10.2. The first-order valence-corrected chi connectivity index (χ1v) is 6.23. The molecule has 2 N–H and O–H groups in total. The third-order valence-corrected chi connectivity index (χ3v) is 2.96. The number of nitrogens with one attached hydrogen (secondary N) is 1. The molecule has 0 fully saturated rings. The summed E-state index contributed by atoms with van der Waals surface area (Å²) in [5.74, 6) is -0.0844. The Bertz CT molecular complexity index is 333. The Kier molecular flexibility index (Phi) is 5.82. The fraction of sp³-hybridized carbons (Fsp3) is 0.417. The summed E-state index contributed by atoms with van der Waals surface area (Å²) in [7, 11) is 0. The van der Waals surface area contributed by atoms with Crippen LogP contribution in [0.15, 0.2) is 23.6 Å². The molecule has 1 rings (SSSR count). The van der Waals surface area contributed by atoms with E-state index in [4.69, 9.17) is 5.11 Å². The van der Waals surface area contributed by atoms with E-state index in [0.29, 0.717) is 0 Å². The lowest BCUT2D eigenvalue weighted by Crippen LogP contribution is -2.31. The molecule has 0 saturated carbocycles. The summed E-state index contributed by atoms with van der Waals surface area (Å²) in [4.78, 5) is 12.5. The molecule has 0 radical (unpaired) electrons. The van der Waals surface area contributed by atoms with Crippen LogP contribution in [-0.2, 0) is 4.79 Å². The summed E-state index contributed by atoms with van der Waals surface area (Å²) >= 11 is 1.60. The number of aliphatic hydroxyl groups is 1. The van der Waals surface area contributed by atoms with Crippen molar-refractivity contribution in [2.24, 2.45) is 0 Å². The molecule has 1 atom stereocenters. The van der Waals surface area contributed by atoms with Crippen LogP contribution in [0.2, 0.25) is 0 Å². The number of hydrogen-bond acceptors (Lipinski definition) is 3. The van der Waals surface area contributed by atoms with Crippen LogP contribution in [0.25, 0.3) is 6.08 Å². The molecule has 1 amide bonds. The lowest BCUT2D eigenvalue weighted by Gasteiger charge is -2.10. The Morgan fingerprint density at radius 3 is 3.12 bits per heavy atom. The Morgan fingerprint density at radius 2 is 2.50 bits per heavy atom. The van der Waals surface area contributed by atoms with Gasteiger partial charge in [0.1, 0.15) is 0 Å². The minimum Gasteiger partial charge on any atom is -0.396 e. The number of rotatable bonds is 6. The van der Waals surface area contributed by atoms with Gasteiger partial charge in [-0.1, -0.05) is 6.07 Å². The number of aliphatic hydroxyl groups excluding tert-OH is 1. The zero-order chi connectivity index (χ0) is 11.8. The normalized spacial score (nSPS) is 12.9. The molecule has 1 aromatic rings. The lowest BCUT2D eigenvalue weighted by molar-refractivity contribution is -0.117. The zero-order valence-electron chi connectivity index (χ0n) is 9.35. The smallest absolute Gasteiger partial charge is 0.244 e. The van der Waals surface area contributed by atoms with E-state index < -0.39 is 0 Å². The second-order valence-corrected chi connectivity index (χ2v) is 4.60. The van der Waals surface area contributed by atoms with Crippen LogP contribution in [0, 0.1) is 0 Å². The molecule has 0 aliphatic heterocycles. The van der Waals surface area contributed by atoms with Crippen molar-refractivity contribution in [1.82, 2.24) is 5.32 Å². The molecule has 1 unspecified atom stereocenters. The topological polar surface area (TPSA) is 49.3 Å². The average molecular weight is 239 g/mol. The van der Waals surface area contributed by atoms with Crippen LogP contribution in [0.4, 0.5) is 0 Å². The van der Waals surface area contributed by atoms with Gasteiger partial charge >= 0.3 is 0 Å². The molecule has 3 nitrogen and oxygen atoms in total. The molecular weight excluding hydrogens is 222 g/mol. The van der Waals surface area contributed by atoms with Gasteiger partial charge in [0, 0.05) is 23.6 Å². The third kappa shape index (κ3) is 5.09. The van der Waals surface area contributed by atoms with Gasteiger partial charge in [-0.2, -0.15) is 0 Å². The molecule has 4 heteroatoms. The van der Waals surface area contributed by atoms with Gasteiger partial charge in [0.2, 0.25) is 5.91 Å². The summed E-state index contributed by atoms with van der Waals surface area (Å²) in [6.45, 7) is 2.11. The van der Waals surface area contributed by atoms with Crippen molar-refractivity contribution < 1.29 is 9.90 Å². The average Bonchev–Trinajstić information content (AvgIpc) is 2.76. The van der Waals surface area contributed by atoms with Crippen molar-refractivity contribution in [3.05, 3.63) is 28.5 Å². The second kappa shape index (κ2) is 7.19. The quantitative estimate of drug-likeness (QED) is 0.746. The Balaban J connectivity index is 2.30. The van der Waals surface area contributed by atoms with E-state index >= 15 is 0 Å². The van der Waals surface area contributed by atoms with Crippen molar-refractivity contribution in [3.63, 3.8) is 0 Å². The van der Waals surface area contributed by atoms with Crippen LogP contribution < -0.4 is 5.32 Å². The predicted octanol–water partition coefficient (Wildman–Crippen LogP) is 2.04. The van der Waals surface area contributed by atoms with Gasteiger partial charge in [0.15, 0.2) is 0 Å². The van der Waals surface area contributed by atoms with E-state index in [0.717, 1.165) is 17.7 Å². The third-order valence-electron chi connectivity index (χ3n) is 2.13. The van der Waals surface area contributed by atoms with Crippen molar-refractivity contribution in [1.29, 1.82) is 0 Å². The highest BCUT2D eigenvalue weighted by atomic mass is 32.1. The summed E-state index contributed by atoms with van der Waals surface area (Å²) in [6, 6.07) is 4.02. The summed E-state index contributed by atoms with van der Waals surface area (Å²) in [6.07, 6.45) is 4.87. The van der Waals surface area contributed by atoms with Gasteiger partial charge in [-0.15, -0.1) is 11.3 Å². The Labute approximate surface area is 99.8 Å². The van der Waals surface area contributed by atoms with E-state index in [1.165, 1.54) is 0 Å². The number of hydrogen-bond donors (Lipinski definition) is 2. The van der Waals surface area contributed by atoms with E-state index in [2.05, 4.69) is 5.32 Å². The predicted molar refractivity (Wildman–Crippen MR) is 67.3 cm³/mol. The summed E-state index contributed by atoms with van der Waals surface area (Å²) in [5, 5.41) is 13.5. The highest BCUT2D eigenvalue weighted by Gasteiger charge is 2.03. The van der Waals surface area contributed by atoms with Crippen molar-refractivity contribution in [2.75, 3.05) is 6.61 Å². The molecule has 0 bridgehead atoms. The van der Waals surface area contributed by atoms with E-state index in [1.54, 1.807) is 23.5 Å². The number of carbonyl (C=O) groups excluding carboxylic acids is 1. The zero-order valence-corrected chi connectivity index (χ0v) is 10.2. The van der Waals surface area contributed by atoms with Gasteiger partial charge in [0.05, 0.1) is 0 Å². The van der Waals surface area contributed by atoms with Crippen LogP contribution >= 0.6 is 11.3 Å². The fourth-order valence-electron chi connectivity index (χ4n) is 1.30. The standard InChI is InChI=1S/C12H17NO2S/c1-10(4-2-8-14)13-12(15)7-6-11-5-3-9-16-11/h3,5-7,9-10,14H,2,4,8H2,1H3,(H,13,15). The molecule has 0 spiro atoms. The monoisotopic (exact) mass is 239 g/mol. The molecule has 0 saturated heterocycles. The van der Waals surface area contributed by atoms with Gasteiger partial charge in [0.25, 0.3) is 0 Å². The maximum Gasteiger partial charge on any atom is 0.244 e. The SMILES string of the molecule is CC(CCCO)NC(=O)C=Cc1cccs1. The molecule has 1 aromatic heterocycles. The fourth-order valence-corrected chi connectivity index (χ4v) is 1.92. The molecule has 0 aliphatic rings. The number of amides is 1. The maximum atomic E-state index is 11.5. The van der Waals surface area contributed by atoms with Gasteiger partial charge < -0.3 is 10.4 Å².